The second kappa shape index (κ2) is 6.90. The Labute approximate surface area is 103 Å². The Balaban J connectivity index is 2.36. The molecule has 0 unspecified atom stereocenters. The zero-order chi connectivity index (χ0) is 13.4. The highest BCUT2D eigenvalue weighted by Crippen LogP contribution is 1.93. The molecule has 0 fully saturated rings. The van der Waals surface area contributed by atoms with Crippen molar-refractivity contribution in [2.45, 2.75) is 6.42 Å². The molecule has 0 saturated carbocycles. The quantitative estimate of drug-likeness (QED) is 0.651. The molecule has 1 aromatic rings. The van der Waals surface area contributed by atoms with Gasteiger partial charge in [-0.1, -0.05) is 11.1 Å². The molecule has 0 aliphatic heterocycles. The van der Waals surface area contributed by atoms with E-state index in [0.717, 1.165) is 4.90 Å². The van der Waals surface area contributed by atoms with Gasteiger partial charge < -0.3 is 19.8 Å². The summed E-state index contributed by atoms with van der Waals surface area (Å²) in [4.78, 5) is 26.9. The number of hydrogen-bond donors (Lipinski definition) is 2. The predicted octanol–water partition coefficient (Wildman–Crippen LogP) is -0.658. The number of carbonyl (C=O) groups is 2. The van der Waals surface area contributed by atoms with Crippen LogP contribution in [0.15, 0.2) is 10.9 Å². The summed E-state index contributed by atoms with van der Waals surface area (Å²) in [5, 5.41) is 14.5. The Bertz CT molecular complexity index is 437. The zero-order valence-electron chi connectivity index (χ0n) is 9.50. The second-order valence-electron chi connectivity index (χ2n) is 3.27. The molecule has 0 saturated heterocycles. The largest absolute Gasteiger partial charge is 0.480 e. The van der Waals surface area contributed by atoms with Crippen LogP contribution in [0.5, 0.6) is 0 Å². The minimum absolute atomic E-state index is 0.0707. The maximum atomic E-state index is 11.6. The van der Waals surface area contributed by atoms with E-state index in [9.17, 15) is 9.59 Å². The number of terminal acetylenes is 1. The lowest BCUT2D eigenvalue weighted by Crippen LogP contribution is -2.43. The molecule has 0 aromatic carbocycles. The van der Waals surface area contributed by atoms with Gasteiger partial charge in [-0.05, 0) is 0 Å². The molecule has 0 bridgehead atoms. The van der Waals surface area contributed by atoms with Crippen molar-refractivity contribution in [1.82, 2.24) is 20.4 Å². The zero-order valence-corrected chi connectivity index (χ0v) is 9.50. The van der Waals surface area contributed by atoms with E-state index in [1.165, 1.54) is 6.33 Å². The fourth-order valence-corrected chi connectivity index (χ4v) is 1.17. The second-order valence-corrected chi connectivity index (χ2v) is 3.27. The number of carbonyl (C=O) groups excluding carboxylic acids is 1. The molecule has 0 aliphatic carbocycles. The van der Waals surface area contributed by atoms with Gasteiger partial charge in [0.05, 0.1) is 6.54 Å². The third-order valence-corrected chi connectivity index (χ3v) is 1.92. The Morgan fingerprint density at radius 3 is 2.94 bits per heavy atom. The molecule has 2 amide bonds. The first-order chi connectivity index (χ1) is 8.63. The summed E-state index contributed by atoms with van der Waals surface area (Å²) in [5.41, 5.74) is 0. The van der Waals surface area contributed by atoms with Gasteiger partial charge in [0.15, 0.2) is 6.33 Å². The summed E-state index contributed by atoms with van der Waals surface area (Å²) in [5.74, 6) is 1.48. The molecule has 0 aliphatic rings. The van der Waals surface area contributed by atoms with Crippen LogP contribution >= 0.6 is 0 Å². The van der Waals surface area contributed by atoms with E-state index in [1.807, 2.05) is 0 Å². The Hall–Kier alpha value is -2.56. The first kappa shape index (κ1) is 13.5. The van der Waals surface area contributed by atoms with Crippen LogP contribution in [0.2, 0.25) is 0 Å². The minimum Gasteiger partial charge on any atom is -0.480 e. The number of hydrogen-bond acceptors (Lipinski definition) is 5. The van der Waals surface area contributed by atoms with Crippen LogP contribution < -0.4 is 5.32 Å². The highest BCUT2D eigenvalue weighted by molar-refractivity contribution is 5.80. The molecular formula is C10H12N4O4. The van der Waals surface area contributed by atoms with Crippen LogP contribution in [0.4, 0.5) is 4.79 Å². The van der Waals surface area contributed by atoms with E-state index < -0.39 is 18.5 Å². The number of rotatable bonds is 6. The summed E-state index contributed by atoms with van der Waals surface area (Å²) in [6.07, 6.45) is 6.67. The maximum Gasteiger partial charge on any atom is 0.323 e. The summed E-state index contributed by atoms with van der Waals surface area (Å²) in [7, 11) is 0. The number of carboxylic acid groups (broad SMARTS) is 1. The number of urea groups is 1. The van der Waals surface area contributed by atoms with Crippen LogP contribution in [-0.4, -0.2) is 51.8 Å². The number of aromatic nitrogens is 2. The summed E-state index contributed by atoms with van der Waals surface area (Å²) in [6.45, 7) is -0.267. The van der Waals surface area contributed by atoms with E-state index in [1.54, 1.807) is 0 Å². The normalized spacial score (nSPS) is 9.50. The molecule has 18 heavy (non-hydrogen) atoms. The van der Waals surface area contributed by atoms with Gasteiger partial charge in [-0.3, -0.25) is 4.79 Å². The molecule has 0 radical (unpaired) electrons. The average molecular weight is 252 g/mol. The van der Waals surface area contributed by atoms with Crippen LogP contribution in [0.3, 0.4) is 0 Å². The smallest absolute Gasteiger partial charge is 0.323 e. The molecule has 0 atom stereocenters. The predicted molar refractivity (Wildman–Crippen MR) is 59.4 cm³/mol. The third-order valence-electron chi connectivity index (χ3n) is 1.92. The summed E-state index contributed by atoms with van der Waals surface area (Å²) < 4.78 is 4.74. The number of nitrogens with one attached hydrogen (secondary N) is 1. The van der Waals surface area contributed by atoms with E-state index in [4.69, 9.17) is 16.1 Å². The average Bonchev–Trinajstić information content (AvgIpc) is 2.81. The monoisotopic (exact) mass is 252 g/mol. The van der Waals surface area contributed by atoms with Crippen LogP contribution in [-0.2, 0) is 11.2 Å². The molecule has 2 N–H and O–H groups in total. The lowest BCUT2D eigenvalue weighted by molar-refractivity contribution is -0.137. The van der Waals surface area contributed by atoms with Crippen molar-refractivity contribution in [2.75, 3.05) is 19.6 Å². The Kier molecular flexibility index (Phi) is 5.18. The first-order valence-electron chi connectivity index (χ1n) is 5.07. The molecule has 8 heteroatoms. The topological polar surface area (TPSA) is 109 Å². The molecule has 8 nitrogen and oxygen atoms in total. The fourth-order valence-electron chi connectivity index (χ4n) is 1.17. The van der Waals surface area contributed by atoms with Crippen LogP contribution in [0, 0.1) is 12.3 Å². The lowest BCUT2D eigenvalue weighted by Gasteiger charge is -2.18. The fraction of sp³-hybridized carbons (Fsp3) is 0.400. The number of aliphatic carboxylic acids is 1. The highest BCUT2D eigenvalue weighted by Gasteiger charge is 2.15. The molecule has 0 spiro atoms. The summed E-state index contributed by atoms with van der Waals surface area (Å²) in [6, 6.07) is -0.546. The van der Waals surface area contributed by atoms with E-state index in [-0.39, 0.29) is 13.1 Å². The van der Waals surface area contributed by atoms with Crippen molar-refractivity contribution in [3.63, 3.8) is 0 Å². The van der Waals surface area contributed by atoms with E-state index in [0.29, 0.717) is 12.3 Å². The first-order valence-corrected chi connectivity index (χ1v) is 5.07. The van der Waals surface area contributed by atoms with Gasteiger partial charge in [-0.15, -0.1) is 6.42 Å². The van der Waals surface area contributed by atoms with Gasteiger partial charge >= 0.3 is 12.0 Å². The third kappa shape index (κ3) is 4.52. The Morgan fingerprint density at radius 1 is 1.61 bits per heavy atom. The van der Waals surface area contributed by atoms with Crippen molar-refractivity contribution in [1.29, 1.82) is 0 Å². The van der Waals surface area contributed by atoms with Gasteiger partial charge in [0.25, 0.3) is 0 Å². The SMILES string of the molecule is C#CCN(CC(=O)O)C(=O)NCCc1ncno1. The standard InChI is InChI=1S/C10H12N4O4/c1-2-5-14(6-9(15)16)10(17)11-4-3-8-12-7-13-18-8/h1,7H,3-6H2,(H,11,17)(H,15,16). The van der Waals surface area contributed by atoms with Gasteiger partial charge in [0.2, 0.25) is 5.89 Å². The van der Waals surface area contributed by atoms with E-state index >= 15 is 0 Å². The molecule has 1 aromatic heterocycles. The molecular weight excluding hydrogens is 240 g/mol. The maximum absolute atomic E-state index is 11.6. The van der Waals surface area contributed by atoms with Crippen molar-refractivity contribution >= 4 is 12.0 Å². The summed E-state index contributed by atoms with van der Waals surface area (Å²) >= 11 is 0. The van der Waals surface area contributed by atoms with Crippen molar-refractivity contribution in [3.8, 4) is 12.3 Å². The highest BCUT2D eigenvalue weighted by atomic mass is 16.5. The minimum atomic E-state index is -1.13. The molecule has 96 valence electrons. The van der Waals surface area contributed by atoms with Crippen molar-refractivity contribution < 1.29 is 19.2 Å². The van der Waals surface area contributed by atoms with Crippen molar-refractivity contribution in [3.05, 3.63) is 12.2 Å². The molecule has 1 heterocycles. The van der Waals surface area contributed by atoms with Gasteiger partial charge in [0.1, 0.15) is 6.54 Å². The van der Waals surface area contributed by atoms with Crippen LogP contribution in [0.1, 0.15) is 5.89 Å². The number of nitrogens with zero attached hydrogens (tertiary/aromatic N) is 3. The Morgan fingerprint density at radius 2 is 2.39 bits per heavy atom. The lowest BCUT2D eigenvalue weighted by atomic mass is 10.4. The van der Waals surface area contributed by atoms with Crippen molar-refractivity contribution in [2.24, 2.45) is 0 Å². The number of amides is 2. The van der Waals surface area contributed by atoms with Gasteiger partial charge in [-0.2, -0.15) is 4.98 Å². The molecule has 1 rings (SSSR count). The van der Waals surface area contributed by atoms with E-state index in [2.05, 4.69) is 21.4 Å². The van der Waals surface area contributed by atoms with Crippen LogP contribution in [0.25, 0.3) is 0 Å². The van der Waals surface area contributed by atoms with Gasteiger partial charge in [-0.25, -0.2) is 4.79 Å². The number of carboxylic acids is 1. The van der Waals surface area contributed by atoms with Gasteiger partial charge in [0, 0.05) is 13.0 Å².